The van der Waals surface area contributed by atoms with Crippen LogP contribution in [0.4, 0.5) is 4.39 Å². The van der Waals surface area contributed by atoms with Crippen molar-refractivity contribution < 1.29 is 19.6 Å². The van der Waals surface area contributed by atoms with E-state index < -0.39 is 0 Å². The third kappa shape index (κ3) is 6.57. The lowest BCUT2D eigenvalue weighted by Crippen LogP contribution is -2.85. The summed E-state index contributed by atoms with van der Waals surface area (Å²) >= 11 is 0. The predicted octanol–water partition coefficient (Wildman–Crippen LogP) is 1.32. The van der Waals surface area contributed by atoms with Crippen LogP contribution in [0.25, 0.3) is 0 Å². The van der Waals surface area contributed by atoms with Gasteiger partial charge in [-0.25, -0.2) is 4.39 Å². The first-order chi connectivity index (χ1) is 8.84. The number of aliphatic hydroxyl groups is 1. The lowest BCUT2D eigenvalue weighted by Gasteiger charge is -2.06. The monoisotopic (exact) mass is 256 g/mol. The van der Waals surface area contributed by atoms with Gasteiger partial charge in [-0.3, -0.25) is 0 Å². The Morgan fingerprint density at radius 2 is 1.83 bits per heavy atom. The van der Waals surface area contributed by atoms with E-state index in [1.807, 2.05) is 0 Å². The number of para-hydroxylation sites is 1. The Bertz CT molecular complexity index is 320. The Morgan fingerprint density at radius 3 is 2.61 bits per heavy atom. The van der Waals surface area contributed by atoms with Gasteiger partial charge in [-0.2, -0.15) is 0 Å². The summed E-state index contributed by atoms with van der Waals surface area (Å²) in [7, 11) is 0. The minimum atomic E-state index is -0.295. The van der Waals surface area contributed by atoms with Crippen LogP contribution in [0, 0.1) is 5.82 Å². The number of nitrogens with two attached hydrogens (primary N) is 1. The van der Waals surface area contributed by atoms with Gasteiger partial charge in [-0.05, 0) is 37.8 Å². The molecular formula is C14H23FNO2+. The topological polar surface area (TPSA) is 46.1 Å². The van der Waals surface area contributed by atoms with Crippen molar-refractivity contribution >= 4 is 0 Å². The molecule has 0 saturated heterocycles. The summed E-state index contributed by atoms with van der Waals surface area (Å²) < 4.78 is 18.6. The van der Waals surface area contributed by atoms with Crippen molar-refractivity contribution in [3.8, 4) is 5.75 Å². The summed E-state index contributed by atoms with van der Waals surface area (Å²) in [5, 5.41) is 10.7. The first-order valence-electron chi connectivity index (χ1n) is 6.64. The molecule has 0 fully saturated rings. The molecule has 0 atom stereocenters. The van der Waals surface area contributed by atoms with Crippen molar-refractivity contribution in [3.63, 3.8) is 0 Å². The largest absolute Gasteiger partial charge is 0.491 e. The van der Waals surface area contributed by atoms with Crippen LogP contribution >= 0.6 is 0 Å². The number of rotatable bonds is 10. The van der Waals surface area contributed by atoms with Crippen molar-refractivity contribution in [2.75, 3.05) is 26.3 Å². The van der Waals surface area contributed by atoms with Crippen LogP contribution in [-0.2, 0) is 0 Å². The number of unbranched alkanes of at least 4 members (excludes halogenated alkanes) is 3. The second-order valence-corrected chi connectivity index (χ2v) is 4.28. The fraction of sp³-hybridized carbons (Fsp3) is 0.571. The zero-order chi connectivity index (χ0) is 13.1. The maximum Gasteiger partial charge on any atom is 0.165 e. The van der Waals surface area contributed by atoms with Crippen LogP contribution < -0.4 is 10.1 Å². The Labute approximate surface area is 108 Å². The van der Waals surface area contributed by atoms with E-state index in [1.54, 1.807) is 18.2 Å². The standard InChI is InChI=1S/C14H22FNO2/c15-13-7-3-4-8-14(13)18-12-6-2-1-5-9-16-10-11-17/h3-4,7-8,16-17H,1-2,5-6,9-12H2/p+1. The molecule has 1 rings (SSSR count). The maximum absolute atomic E-state index is 13.2. The number of hydrogen-bond acceptors (Lipinski definition) is 2. The number of hydrogen-bond donors (Lipinski definition) is 2. The zero-order valence-corrected chi connectivity index (χ0v) is 10.8. The van der Waals surface area contributed by atoms with Crippen LogP contribution in [-0.4, -0.2) is 31.4 Å². The molecule has 3 N–H and O–H groups in total. The highest BCUT2D eigenvalue weighted by Crippen LogP contribution is 2.15. The SMILES string of the molecule is OCC[NH2+]CCCCCCOc1ccccc1F. The first kappa shape index (κ1) is 14.9. The summed E-state index contributed by atoms with van der Waals surface area (Å²) in [6.45, 7) is 2.67. The second-order valence-electron chi connectivity index (χ2n) is 4.28. The average Bonchev–Trinajstić information content (AvgIpc) is 2.39. The molecule has 0 saturated carbocycles. The number of halogens is 1. The molecule has 102 valence electrons. The highest BCUT2D eigenvalue weighted by Gasteiger charge is 2.00. The lowest BCUT2D eigenvalue weighted by atomic mass is 10.2. The fourth-order valence-electron chi connectivity index (χ4n) is 1.72. The number of aliphatic hydroxyl groups excluding tert-OH is 1. The molecular weight excluding hydrogens is 233 g/mol. The predicted molar refractivity (Wildman–Crippen MR) is 69.1 cm³/mol. The van der Waals surface area contributed by atoms with Gasteiger partial charge in [-0.1, -0.05) is 12.1 Å². The van der Waals surface area contributed by atoms with E-state index >= 15 is 0 Å². The molecule has 0 aromatic heterocycles. The Balaban J connectivity index is 1.94. The van der Waals surface area contributed by atoms with Crippen molar-refractivity contribution in [1.82, 2.24) is 0 Å². The molecule has 3 nitrogen and oxygen atoms in total. The van der Waals surface area contributed by atoms with E-state index in [9.17, 15) is 4.39 Å². The van der Waals surface area contributed by atoms with E-state index in [2.05, 4.69) is 5.32 Å². The van der Waals surface area contributed by atoms with Gasteiger partial charge in [0.1, 0.15) is 0 Å². The molecule has 4 heteroatoms. The van der Waals surface area contributed by atoms with Gasteiger partial charge < -0.3 is 15.2 Å². The molecule has 1 aromatic carbocycles. The minimum Gasteiger partial charge on any atom is -0.491 e. The van der Waals surface area contributed by atoms with Crippen LogP contribution in [0.1, 0.15) is 25.7 Å². The van der Waals surface area contributed by atoms with Gasteiger partial charge in [-0.15, -0.1) is 0 Å². The zero-order valence-electron chi connectivity index (χ0n) is 10.8. The second kappa shape index (κ2) is 9.85. The van der Waals surface area contributed by atoms with E-state index in [0.717, 1.165) is 38.8 Å². The van der Waals surface area contributed by atoms with Crippen molar-refractivity contribution in [1.29, 1.82) is 0 Å². The average molecular weight is 256 g/mol. The Kier molecular flexibility index (Phi) is 8.17. The van der Waals surface area contributed by atoms with E-state index in [1.165, 1.54) is 6.07 Å². The normalized spacial score (nSPS) is 10.6. The van der Waals surface area contributed by atoms with Gasteiger partial charge in [0.05, 0.1) is 26.3 Å². The summed E-state index contributed by atoms with van der Waals surface area (Å²) in [5.41, 5.74) is 0. The number of quaternary nitrogens is 1. The van der Waals surface area contributed by atoms with Crippen LogP contribution in [0.5, 0.6) is 5.75 Å². The highest BCUT2D eigenvalue weighted by atomic mass is 19.1. The van der Waals surface area contributed by atoms with Crippen molar-refractivity contribution in [3.05, 3.63) is 30.1 Å². The van der Waals surface area contributed by atoms with E-state index in [-0.39, 0.29) is 12.4 Å². The summed E-state index contributed by atoms with van der Waals surface area (Å²) in [5.74, 6) is 0.0462. The van der Waals surface area contributed by atoms with Gasteiger partial charge >= 0.3 is 0 Å². The quantitative estimate of drug-likeness (QED) is 0.620. The van der Waals surface area contributed by atoms with E-state index in [0.29, 0.717) is 12.4 Å². The molecule has 0 unspecified atom stereocenters. The fourth-order valence-corrected chi connectivity index (χ4v) is 1.72. The summed E-state index contributed by atoms with van der Waals surface area (Å²) in [4.78, 5) is 0. The molecule has 0 radical (unpaired) electrons. The molecule has 0 aliphatic carbocycles. The number of ether oxygens (including phenoxy) is 1. The van der Waals surface area contributed by atoms with Crippen LogP contribution in [0.3, 0.4) is 0 Å². The molecule has 0 spiro atoms. The maximum atomic E-state index is 13.2. The molecule has 0 aliphatic rings. The number of benzene rings is 1. The summed E-state index contributed by atoms with van der Waals surface area (Å²) in [6, 6.07) is 6.49. The third-order valence-electron chi connectivity index (χ3n) is 2.73. The first-order valence-corrected chi connectivity index (χ1v) is 6.64. The van der Waals surface area contributed by atoms with Crippen LogP contribution in [0.2, 0.25) is 0 Å². The molecule has 0 amide bonds. The molecule has 0 aliphatic heterocycles. The lowest BCUT2D eigenvalue weighted by molar-refractivity contribution is -0.656. The summed E-state index contributed by atoms with van der Waals surface area (Å²) in [6.07, 6.45) is 4.36. The molecule has 0 heterocycles. The molecule has 0 bridgehead atoms. The Hall–Kier alpha value is -1.13. The smallest absolute Gasteiger partial charge is 0.165 e. The van der Waals surface area contributed by atoms with Crippen LogP contribution in [0.15, 0.2) is 24.3 Å². The highest BCUT2D eigenvalue weighted by molar-refractivity contribution is 5.23. The molecule has 1 aromatic rings. The van der Waals surface area contributed by atoms with E-state index in [4.69, 9.17) is 9.84 Å². The molecule has 18 heavy (non-hydrogen) atoms. The minimum absolute atomic E-state index is 0.247. The Morgan fingerprint density at radius 1 is 1.06 bits per heavy atom. The van der Waals surface area contributed by atoms with Gasteiger partial charge in [0.2, 0.25) is 0 Å². The van der Waals surface area contributed by atoms with Gasteiger partial charge in [0, 0.05) is 0 Å². The van der Waals surface area contributed by atoms with Gasteiger partial charge in [0.25, 0.3) is 0 Å². The van der Waals surface area contributed by atoms with Crippen molar-refractivity contribution in [2.24, 2.45) is 0 Å². The third-order valence-corrected chi connectivity index (χ3v) is 2.73. The van der Waals surface area contributed by atoms with Crippen molar-refractivity contribution in [2.45, 2.75) is 25.7 Å². The van der Waals surface area contributed by atoms with Gasteiger partial charge in [0.15, 0.2) is 11.6 Å².